The van der Waals surface area contributed by atoms with Gasteiger partial charge in [-0.05, 0) is 24.3 Å². The van der Waals surface area contributed by atoms with E-state index in [9.17, 15) is 0 Å². The Bertz CT molecular complexity index is 559. The Kier molecular flexibility index (Phi) is 2.54. The lowest BCUT2D eigenvalue weighted by Gasteiger charge is -2.19. The van der Waals surface area contributed by atoms with Gasteiger partial charge in [-0.3, -0.25) is 0 Å². The first-order valence-electron chi connectivity index (χ1n) is 6.65. The molecule has 0 atom stereocenters. The molecule has 1 fully saturated rings. The molecule has 96 valence electrons. The molecule has 4 nitrogen and oxygen atoms in total. The van der Waals surface area contributed by atoms with E-state index in [0.29, 0.717) is 0 Å². The van der Waals surface area contributed by atoms with Gasteiger partial charge in [-0.15, -0.1) is 0 Å². The minimum Gasteiger partial charge on any atom is -0.357 e. The highest BCUT2D eigenvalue weighted by atomic mass is 15.3. The lowest BCUT2D eigenvalue weighted by molar-refractivity contribution is 0.594. The molecule has 0 N–H and O–H groups in total. The van der Waals surface area contributed by atoms with Crippen molar-refractivity contribution in [3.05, 3.63) is 24.0 Å². The van der Waals surface area contributed by atoms with Gasteiger partial charge in [0.25, 0.3) is 0 Å². The predicted molar refractivity (Wildman–Crippen MR) is 73.1 cm³/mol. The molecule has 0 aliphatic carbocycles. The van der Waals surface area contributed by atoms with E-state index in [2.05, 4.69) is 36.8 Å². The van der Waals surface area contributed by atoms with E-state index in [1.807, 2.05) is 16.9 Å². The molecule has 0 bridgehead atoms. The molecule has 0 saturated carbocycles. The van der Waals surface area contributed by atoms with Crippen LogP contribution in [0, 0.1) is 0 Å². The Balaban J connectivity index is 2.09. The Morgan fingerprint density at radius 1 is 1.17 bits per heavy atom. The van der Waals surface area contributed by atoms with Crippen LogP contribution in [0.3, 0.4) is 0 Å². The summed E-state index contributed by atoms with van der Waals surface area (Å²) < 4.78 is 1.88. The maximum atomic E-state index is 4.81. The topological polar surface area (TPSA) is 33.4 Å². The SMILES string of the molecule is CC(C)(C)c1cnn2ccc(N3CCCC3)nc12. The molecule has 3 heterocycles. The number of hydrogen-bond donors (Lipinski definition) is 0. The summed E-state index contributed by atoms with van der Waals surface area (Å²) in [6, 6.07) is 2.07. The minimum absolute atomic E-state index is 0.0817. The molecule has 0 spiro atoms. The van der Waals surface area contributed by atoms with Crippen molar-refractivity contribution in [3.8, 4) is 0 Å². The van der Waals surface area contributed by atoms with Gasteiger partial charge in [0.15, 0.2) is 5.65 Å². The Morgan fingerprint density at radius 2 is 1.89 bits per heavy atom. The van der Waals surface area contributed by atoms with Crippen LogP contribution in [-0.2, 0) is 5.41 Å². The fourth-order valence-corrected chi connectivity index (χ4v) is 2.51. The summed E-state index contributed by atoms with van der Waals surface area (Å²) in [5.74, 6) is 1.09. The van der Waals surface area contributed by atoms with Crippen LogP contribution >= 0.6 is 0 Å². The average Bonchev–Trinajstić information content (AvgIpc) is 2.96. The molecule has 0 radical (unpaired) electrons. The first-order chi connectivity index (χ1) is 8.55. The van der Waals surface area contributed by atoms with Crippen LogP contribution < -0.4 is 4.90 Å². The molecule has 1 aliphatic rings. The molecule has 2 aromatic heterocycles. The summed E-state index contributed by atoms with van der Waals surface area (Å²) in [6.07, 6.45) is 6.51. The molecular weight excluding hydrogens is 224 g/mol. The zero-order valence-electron chi connectivity index (χ0n) is 11.3. The summed E-state index contributed by atoms with van der Waals surface area (Å²) in [7, 11) is 0. The van der Waals surface area contributed by atoms with Gasteiger partial charge in [0.1, 0.15) is 5.82 Å². The van der Waals surface area contributed by atoms with Crippen molar-refractivity contribution in [3.63, 3.8) is 0 Å². The van der Waals surface area contributed by atoms with Gasteiger partial charge in [-0.25, -0.2) is 9.50 Å². The first-order valence-corrected chi connectivity index (χ1v) is 6.65. The Morgan fingerprint density at radius 3 is 2.56 bits per heavy atom. The smallest absolute Gasteiger partial charge is 0.161 e. The van der Waals surface area contributed by atoms with Crippen molar-refractivity contribution in [2.75, 3.05) is 18.0 Å². The molecule has 3 rings (SSSR count). The van der Waals surface area contributed by atoms with Crippen LogP contribution in [0.1, 0.15) is 39.2 Å². The quantitative estimate of drug-likeness (QED) is 0.773. The number of anilines is 1. The van der Waals surface area contributed by atoms with Crippen molar-refractivity contribution < 1.29 is 0 Å². The number of rotatable bonds is 1. The molecular formula is C14H20N4. The third-order valence-corrected chi connectivity index (χ3v) is 3.59. The Hall–Kier alpha value is -1.58. The summed E-state index contributed by atoms with van der Waals surface area (Å²) in [4.78, 5) is 7.17. The lowest BCUT2D eigenvalue weighted by atomic mass is 9.89. The monoisotopic (exact) mass is 244 g/mol. The van der Waals surface area contributed by atoms with Crippen LogP contribution in [0.15, 0.2) is 18.5 Å². The van der Waals surface area contributed by atoms with E-state index in [0.717, 1.165) is 24.6 Å². The van der Waals surface area contributed by atoms with Gasteiger partial charge < -0.3 is 4.90 Å². The molecule has 0 aromatic carbocycles. The fraction of sp³-hybridized carbons (Fsp3) is 0.571. The maximum absolute atomic E-state index is 4.81. The van der Waals surface area contributed by atoms with Crippen LogP contribution in [0.2, 0.25) is 0 Å². The van der Waals surface area contributed by atoms with Crippen molar-refractivity contribution in [1.29, 1.82) is 0 Å². The van der Waals surface area contributed by atoms with Crippen LogP contribution in [0.5, 0.6) is 0 Å². The highest BCUT2D eigenvalue weighted by Crippen LogP contribution is 2.27. The van der Waals surface area contributed by atoms with Crippen molar-refractivity contribution in [2.24, 2.45) is 0 Å². The molecule has 1 saturated heterocycles. The van der Waals surface area contributed by atoms with Crippen molar-refractivity contribution >= 4 is 11.5 Å². The molecule has 2 aromatic rings. The third kappa shape index (κ3) is 1.85. The fourth-order valence-electron chi connectivity index (χ4n) is 2.51. The minimum atomic E-state index is 0.0817. The van der Waals surface area contributed by atoms with Crippen LogP contribution in [0.25, 0.3) is 5.65 Å². The summed E-state index contributed by atoms with van der Waals surface area (Å²) >= 11 is 0. The van der Waals surface area contributed by atoms with Gasteiger partial charge in [0, 0.05) is 24.8 Å². The molecule has 0 unspecified atom stereocenters. The molecule has 18 heavy (non-hydrogen) atoms. The number of aromatic nitrogens is 3. The second-order valence-corrected chi connectivity index (χ2v) is 6.06. The molecule has 0 amide bonds. The maximum Gasteiger partial charge on any atom is 0.161 e. The zero-order chi connectivity index (χ0) is 12.8. The van der Waals surface area contributed by atoms with E-state index in [-0.39, 0.29) is 5.41 Å². The number of hydrogen-bond acceptors (Lipinski definition) is 3. The summed E-state index contributed by atoms with van der Waals surface area (Å²) in [5.41, 5.74) is 2.29. The van der Waals surface area contributed by atoms with Gasteiger partial charge >= 0.3 is 0 Å². The zero-order valence-corrected chi connectivity index (χ0v) is 11.3. The summed E-state index contributed by atoms with van der Waals surface area (Å²) in [6.45, 7) is 8.86. The first kappa shape index (κ1) is 11.5. The van der Waals surface area contributed by atoms with Crippen LogP contribution in [0.4, 0.5) is 5.82 Å². The largest absolute Gasteiger partial charge is 0.357 e. The predicted octanol–water partition coefficient (Wildman–Crippen LogP) is 2.63. The molecule has 1 aliphatic heterocycles. The molecule has 4 heteroatoms. The van der Waals surface area contributed by atoms with Crippen molar-refractivity contribution in [2.45, 2.75) is 39.0 Å². The highest BCUT2D eigenvalue weighted by Gasteiger charge is 2.21. The van der Waals surface area contributed by atoms with Crippen LogP contribution in [-0.4, -0.2) is 27.7 Å². The van der Waals surface area contributed by atoms with E-state index >= 15 is 0 Å². The lowest BCUT2D eigenvalue weighted by Crippen LogP contribution is -2.19. The van der Waals surface area contributed by atoms with E-state index < -0.39 is 0 Å². The van der Waals surface area contributed by atoms with E-state index in [4.69, 9.17) is 4.98 Å². The second kappa shape index (κ2) is 3.97. The van der Waals surface area contributed by atoms with E-state index in [1.165, 1.54) is 18.4 Å². The standard InChI is InChI=1S/C14H20N4/c1-14(2,3)11-10-15-18-9-6-12(16-13(11)18)17-7-4-5-8-17/h6,9-10H,4-5,7-8H2,1-3H3. The van der Waals surface area contributed by atoms with Gasteiger partial charge in [-0.1, -0.05) is 20.8 Å². The second-order valence-electron chi connectivity index (χ2n) is 6.06. The van der Waals surface area contributed by atoms with Gasteiger partial charge in [-0.2, -0.15) is 5.10 Å². The van der Waals surface area contributed by atoms with Gasteiger partial charge in [0.2, 0.25) is 0 Å². The van der Waals surface area contributed by atoms with E-state index in [1.54, 1.807) is 0 Å². The highest BCUT2D eigenvalue weighted by molar-refractivity contribution is 5.55. The number of nitrogens with zero attached hydrogens (tertiary/aromatic N) is 4. The Labute approximate surface area is 108 Å². The van der Waals surface area contributed by atoms with Crippen molar-refractivity contribution in [1.82, 2.24) is 14.6 Å². The third-order valence-electron chi connectivity index (χ3n) is 3.59. The summed E-state index contributed by atoms with van der Waals surface area (Å²) in [5, 5.41) is 4.39. The number of fused-ring (bicyclic) bond motifs is 1. The normalized spacial score (nSPS) is 16.7. The van der Waals surface area contributed by atoms with Gasteiger partial charge in [0.05, 0.1) is 6.20 Å². The average molecular weight is 244 g/mol.